The molecule has 0 atom stereocenters. The Morgan fingerprint density at radius 3 is 1.33 bits per heavy atom. The molecule has 6 aromatic rings. The van der Waals surface area contributed by atoms with E-state index >= 15 is 0 Å². The molecule has 6 rings (SSSR count). The van der Waals surface area contributed by atoms with Crippen LogP contribution >= 0.6 is 11.6 Å². The molecule has 0 saturated carbocycles. The SMILES string of the molecule is Clc1ccc(-c2ccc3cc(-c4cccc(-c5ccc6ccccc6c5)c4)ccc3c2)cc1. The number of hydrogen-bond donors (Lipinski definition) is 0. The quantitative estimate of drug-likeness (QED) is 0.257. The fraction of sp³-hybridized carbons (Fsp3) is 0. The van der Waals surface area contributed by atoms with E-state index in [0.717, 1.165) is 5.02 Å². The largest absolute Gasteiger partial charge is 0.0843 e. The summed E-state index contributed by atoms with van der Waals surface area (Å²) in [6.45, 7) is 0. The van der Waals surface area contributed by atoms with Crippen LogP contribution in [0.15, 0.2) is 127 Å². The van der Waals surface area contributed by atoms with Crippen LogP contribution in [0.3, 0.4) is 0 Å². The van der Waals surface area contributed by atoms with E-state index in [2.05, 4.69) is 115 Å². The first-order valence-electron chi connectivity index (χ1n) is 11.1. The molecule has 0 radical (unpaired) electrons. The topological polar surface area (TPSA) is 0 Å². The molecule has 33 heavy (non-hydrogen) atoms. The van der Waals surface area contributed by atoms with Crippen molar-refractivity contribution in [3.8, 4) is 33.4 Å². The number of halogens is 1. The highest BCUT2D eigenvalue weighted by Gasteiger charge is 2.06. The second-order valence-corrected chi connectivity index (χ2v) is 8.86. The van der Waals surface area contributed by atoms with E-state index < -0.39 is 0 Å². The van der Waals surface area contributed by atoms with E-state index in [1.54, 1.807) is 0 Å². The molecule has 0 saturated heterocycles. The average molecular weight is 441 g/mol. The second kappa shape index (κ2) is 8.24. The van der Waals surface area contributed by atoms with Crippen LogP contribution in [0.4, 0.5) is 0 Å². The molecule has 0 aliphatic heterocycles. The molecule has 0 unspecified atom stereocenters. The molecule has 1 heteroatoms. The molecule has 0 fully saturated rings. The van der Waals surface area contributed by atoms with Gasteiger partial charge in [-0.3, -0.25) is 0 Å². The van der Waals surface area contributed by atoms with E-state index in [1.807, 2.05) is 12.1 Å². The number of fused-ring (bicyclic) bond motifs is 2. The smallest absolute Gasteiger partial charge is 0.0406 e. The maximum atomic E-state index is 6.05. The first-order chi connectivity index (χ1) is 16.2. The van der Waals surface area contributed by atoms with E-state index in [0.29, 0.717) is 0 Å². The molecule has 0 aliphatic rings. The van der Waals surface area contributed by atoms with Gasteiger partial charge in [0.1, 0.15) is 0 Å². The van der Waals surface area contributed by atoms with Crippen molar-refractivity contribution < 1.29 is 0 Å². The number of benzene rings is 6. The van der Waals surface area contributed by atoms with Gasteiger partial charge < -0.3 is 0 Å². The fourth-order valence-electron chi connectivity index (χ4n) is 4.49. The summed E-state index contributed by atoms with van der Waals surface area (Å²) in [4.78, 5) is 0. The van der Waals surface area contributed by atoms with Crippen LogP contribution in [0.1, 0.15) is 0 Å². The first kappa shape index (κ1) is 19.8. The Kier molecular flexibility index (Phi) is 4.94. The van der Waals surface area contributed by atoms with Gasteiger partial charge in [-0.05, 0) is 91.3 Å². The zero-order valence-electron chi connectivity index (χ0n) is 18.0. The molecule has 0 nitrogen and oxygen atoms in total. The summed E-state index contributed by atoms with van der Waals surface area (Å²) >= 11 is 6.05. The van der Waals surface area contributed by atoms with Gasteiger partial charge >= 0.3 is 0 Å². The fourth-order valence-corrected chi connectivity index (χ4v) is 4.62. The third-order valence-electron chi connectivity index (χ3n) is 6.30. The Bertz CT molecular complexity index is 1610. The van der Waals surface area contributed by atoms with Crippen LogP contribution < -0.4 is 0 Å². The highest BCUT2D eigenvalue weighted by molar-refractivity contribution is 6.30. The predicted molar refractivity (Wildman–Crippen MR) is 143 cm³/mol. The third kappa shape index (κ3) is 3.91. The predicted octanol–water partition coefficient (Wildman–Crippen LogP) is 9.65. The molecule has 0 N–H and O–H groups in total. The zero-order chi connectivity index (χ0) is 22.2. The van der Waals surface area contributed by atoms with Crippen LogP contribution in [-0.4, -0.2) is 0 Å². The molecule has 0 heterocycles. The van der Waals surface area contributed by atoms with E-state index in [9.17, 15) is 0 Å². The highest BCUT2D eigenvalue weighted by atomic mass is 35.5. The van der Waals surface area contributed by atoms with E-state index in [-0.39, 0.29) is 0 Å². The lowest BCUT2D eigenvalue weighted by molar-refractivity contribution is 1.61. The molecule has 0 amide bonds. The summed E-state index contributed by atoms with van der Waals surface area (Å²) in [6.07, 6.45) is 0. The van der Waals surface area contributed by atoms with Gasteiger partial charge in [0, 0.05) is 5.02 Å². The molecule has 6 aromatic carbocycles. The van der Waals surface area contributed by atoms with Crippen LogP contribution in [0, 0.1) is 0 Å². The molecular weight excluding hydrogens is 420 g/mol. The monoisotopic (exact) mass is 440 g/mol. The molecule has 0 aromatic heterocycles. The molecule has 0 aliphatic carbocycles. The van der Waals surface area contributed by atoms with E-state index in [4.69, 9.17) is 11.6 Å². The van der Waals surface area contributed by atoms with Gasteiger partial charge in [0.15, 0.2) is 0 Å². The van der Waals surface area contributed by atoms with Crippen molar-refractivity contribution >= 4 is 33.1 Å². The van der Waals surface area contributed by atoms with Gasteiger partial charge in [0.2, 0.25) is 0 Å². The summed E-state index contributed by atoms with van der Waals surface area (Å²) < 4.78 is 0. The maximum Gasteiger partial charge on any atom is 0.0406 e. The summed E-state index contributed by atoms with van der Waals surface area (Å²) in [5.41, 5.74) is 7.30. The lowest BCUT2D eigenvalue weighted by Gasteiger charge is -2.09. The Morgan fingerprint density at radius 2 is 0.727 bits per heavy atom. The van der Waals surface area contributed by atoms with Crippen LogP contribution in [-0.2, 0) is 0 Å². The van der Waals surface area contributed by atoms with Crippen molar-refractivity contribution in [3.63, 3.8) is 0 Å². The van der Waals surface area contributed by atoms with Crippen molar-refractivity contribution in [1.82, 2.24) is 0 Å². The summed E-state index contributed by atoms with van der Waals surface area (Å²) in [5.74, 6) is 0. The lowest BCUT2D eigenvalue weighted by atomic mass is 9.95. The standard InChI is InChI=1S/C32H21Cl/c33-32-16-14-23(15-17-32)27-10-11-31-21-29(12-13-30(31)20-27)26-7-3-6-25(19-26)28-9-8-22-4-1-2-5-24(22)18-28/h1-21H. The first-order valence-corrected chi connectivity index (χ1v) is 11.5. The summed E-state index contributed by atoms with van der Waals surface area (Å²) in [6, 6.07) is 45.3. The van der Waals surface area contributed by atoms with Gasteiger partial charge in [-0.15, -0.1) is 0 Å². The van der Waals surface area contributed by atoms with Crippen LogP contribution in [0.2, 0.25) is 5.02 Å². The Morgan fingerprint density at radius 1 is 0.303 bits per heavy atom. The Balaban J connectivity index is 1.36. The lowest BCUT2D eigenvalue weighted by Crippen LogP contribution is -1.84. The van der Waals surface area contributed by atoms with Gasteiger partial charge in [0.05, 0.1) is 0 Å². The van der Waals surface area contributed by atoms with Crippen molar-refractivity contribution in [2.75, 3.05) is 0 Å². The molecule has 0 bridgehead atoms. The maximum absolute atomic E-state index is 6.05. The van der Waals surface area contributed by atoms with Crippen LogP contribution in [0.5, 0.6) is 0 Å². The van der Waals surface area contributed by atoms with Gasteiger partial charge in [-0.1, -0.05) is 103 Å². The average Bonchev–Trinajstić information content (AvgIpc) is 2.88. The highest BCUT2D eigenvalue weighted by Crippen LogP contribution is 2.32. The summed E-state index contributed by atoms with van der Waals surface area (Å²) in [5, 5.41) is 5.76. The molecule has 156 valence electrons. The number of hydrogen-bond acceptors (Lipinski definition) is 0. The Labute approximate surface area is 198 Å². The van der Waals surface area contributed by atoms with E-state index in [1.165, 1.54) is 54.9 Å². The van der Waals surface area contributed by atoms with Crippen LogP contribution in [0.25, 0.3) is 54.9 Å². The molecular formula is C32H21Cl. The van der Waals surface area contributed by atoms with Crippen molar-refractivity contribution in [2.24, 2.45) is 0 Å². The van der Waals surface area contributed by atoms with Crippen molar-refractivity contribution in [3.05, 3.63) is 132 Å². The number of rotatable bonds is 3. The van der Waals surface area contributed by atoms with Gasteiger partial charge in [0.25, 0.3) is 0 Å². The Hall–Kier alpha value is -3.87. The minimum absolute atomic E-state index is 0.759. The third-order valence-corrected chi connectivity index (χ3v) is 6.55. The van der Waals surface area contributed by atoms with Gasteiger partial charge in [-0.2, -0.15) is 0 Å². The minimum atomic E-state index is 0.759. The molecule has 0 spiro atoms. The zero-order valence-corrected chi connectivity index (χ0v) is 18.8. The normalized spacial score (nSPS) is 11.2. The summed E-state index contributed by atoms with van der Waals surface area (Å²) in [7, 11) is 0. The van der Waals surface area contributed by atoms with Gasteiger partial charge in [-0.25, -0.2) is 0 Å². The van der Waals surface area contributed by atoms with Crippen molar-refractivity contribution in [2.45, 2.75) is 0 Å². The van der Waals surface area contributed by atoms with Crippen molar-refractivity contribution in [1.29, 1.82) is 0 Å². The second-order valence-electron chi connectivity index (χ2n) is 8.43. The minimum Gasteiger partial charge on any atom is -0.0843 e.